The van der Waals surface area contributed by atoms with Crippen LogP contribution < -0.4 is 0 Å². The quantitative estimate of drug-likeness (QED) is 0.319. The fourth-order valence-corrected chi connectivity index (χ4v) is 0. The first-order chi connectivity index (χ1) is 0. The minimum Gasteiger partial charge on any atom is 0 e. The molecule has 0 amide bonds. The van der Waals surface area contributed by atoms with Crippen molar-refractivity contribution in [3.63, 3.8) is 0 Å². The number of hydrogen-bond acceptors (Lipinski definition) is 0. The Labute approximate surface area is 695 Å². The molecule has 0 saturated heterocycles. The van der Waals surface area contributed by atoms with Gasteiger partial charge in [-0.1, -0.05) is 0 Å². The summed E-state index contributed by atoms with van der Waals surface area (Å²) < 4.78 is 0. The van der Waals surface area contributed by atoms with Crippen LogP contribution in [0.3, 0.4) is 0 Å². The fraction of sp³-hybridized carbons (Fsp3) is 0. The van der Waals surface area contributed by atoms with E-state index in [2.05, 4.69) is 0 Å². The van der Waals surface area contributed by atoms with Crippen molar-refractivity contribution in [1.82, 2.24) is 0 Å². The Morgan fingerprint density at radius 1 is 0.0294 bits per heavy atom. The molecule has 0 rings (SSSR count). The van der Waals surface area contributed by atoms with Gasteiger partial charge in [0.1, 0.15) is 0 Å². The Kier molecular flexibility index (Phi) is 3100. The first-order valence-corrected chi connectivity index (χ1v) is 0. The molecular formula is W34. The van der Waals surface area contributed by atoms with Crippen LogP contribution in [0.15, 0.2) is 0 Å². The van der Waals surface area contributed by atoms with Gasteiger partial charge in [-0.2, -0.15) is 0 Å². The second kappa shape index (κ2) is 316. The molecule has 0 aromatic heterocycles. The maximum Gasteiger partial charge on any atom is 0 e. The van der Waals surface area contributed by atoms with Gasteiger partial charge in [0, 0.05) is 716 Å². The Morgan fingerprint density at radius 3 is 0.0294 bits per heavy atom. The van der Waals surface area contributed by atoms with Gasteiger partial charge in [0.15, 0.2) is 0 Å². The average Bonchev–Trinajstić information content (AvgIpc) is 0. The first kappa shape index (κ1) is 333. The van der Waals surface area contributed by atoms with E-state index in [0.717, 1.165) is 0 Å². The normalized spacial score (nSPS) is 0. The standard InChI is InChI=1S/34W. The zero-order chi connectivity index (χ0) is 0. The van der Waals surface area contributed by atoms with Crippen LogP contribution >= 0.6 is 0 Å². The van der Waals surface area contributed by atoms with Crippen molar-refractivity contribution in [2.24, 2.45) is 0 Å². The van der Waals surface area contributed by atoms with Gasteiger partial charge < -0.3 is 0 Å². The second-order valence-electron chi connectivity index (χ2n) is 0. The maximum absolute atomic E-state index is 0. The first-order valence-electron chi connectivity index (χ1n) is 0. The molecule has 0 aromatic carbocycles. The minimum atomic E-state index is 0. The average molecular weight is 6250 g/mol. The van der Waals surface area contributed by atoms with Gasteiger partial charge >= 0.3 is 0 Å². The van der Waals surface area contributed by atoms with Crippen molar-refractivity contribution >= 4 is 0 Å². The van der Waals surface area contributed by atoms with Crippen LogP contribution in [-0.2, 0) is 716 Å². The molecule has 0 saturated carbocycles. The van der Waals surface area contributed by atoms with Crippen molar-refractivity contribution in [2.45, 2.75) is 0 Å². The third kappa shape index (κ3) is 299. The summed E-state index contributed by atoms with van der Waals surface area (Å²) in [4.78, 5) is 0. The molecule has 0 fully saturated rings. The second-order valence-corrected chi connectivity index (χ2v) is 0. The van der Waals surface area contributed by atoms with Crippen LogP contribution in [0.4, 0.5) is 0 Å². The molecule has 34 heteroatoms. The van der Waals surface area contributed by atoms with Gasteiger partial charge in [-0.05, 0) is 0 Å². The molecule has 0 aliphatic heterocycles. The summed E-state index contributed by atoms with van der Waals surface area (Å²) in [5, 5.41) is 0. The predicted octanol–water partition coefficient (Wildman–Crippen LogP) is -0.0850. The Morgan fingerprint density at radius 2 is 0.0294 bits per heavy atom. The topological polar surface area (TPSA) is 0 Å². The molecule has 34 heavy (non-hydrogen) atoms. The van der Waals surface area contributed by atoms with Gasteiger partial charge in [-0.25, -0.2) is 0 Å². The molecule has 0 aliphatic carbocycles. The largest absolute Gasteiger partial charge is 0 e. The zero-order valence-electron chi connectivity index (χ0n) is 13.9. The van der Waals surface area contributed by atoms with E-state index in [4.69, 9.17) is 0 Å². The summed E-state index contributed by atoms with van der Waals surface area (Å²) in [6.45, 7) is 0. The van der Waals surface area contributed by atoms with Gasteiger partial charge in [-0.3, -0.25) is 0 Å². The van der Waals surface area contributed by atoms with E-state index in [1.165, 1.54) is 0 Å². The molecule has 0 nitrogen and oxygen atoms in total. The summed E-state index contributed by atoms with van der Waals surface area (Å²) in [5.41, 5.74) is 0. The van der Waals surface area contributed by atoms with Crippen LogP contribution in [0, 0.1) is 0 Å². The smallest absolute Gasteiger partial charge is 0 e. The van der Waals surface area contributed by atoms with Gasteiger partial charge in [0.2, 0.25) is 0 Å². The molecule has 0 aliphatic rings. The SMILES string of the molecule is [W].[W].[W].[W].[W].[W].[W].[W].[W].[W].[W].[W].[W].[W].[W].[W].[W].[W].[W].[W].[W].[W].[W].[W].[W].[W].[W].[W].[W].[W].[W].[W].[W].[W]. The summed E-state index contributed by atoms with van der Waals surface area (Å²) in [5.74, 6) is 0. The van der Waals surface area contributed by atoms with Crippen molar-refractivity contribution < 1.29 is 716 Å². The molecule has 0 N–H and O–H groups in total. The predicted molar refractivity (Wildman–Crippen MR) is 0 cm³/mol. The third-order valence-electron chi connectivity index (χ3n) is 0. The van der Waals surface area contributed by atoms with E-state index in [-0.39, 0.29) is 716 Å². The van der Waals surface area contributed by atoms with Crippen molar-refractivity contribution in [2.75, 3.05) is 0 Å². The monoisotopic (exact) mass is 6250 g/mol. The van der Waals surface area contributed by atoms with E-state index in [1.807, 2.05) is 0 Å². The Bertz CT molecular complexity index is 0. The van der Waals surface area contributed by atoms with Crippen molar-refractivity contribution in [1.29, 1.82) is 0 Å². The van der Waals surface area contributed by atoms with Crippen molar-refractivity contribution in [3.8, 4) is 0 Å². The van der Waals surface area contributed by atoms with E-state index in [1.54, 1.807) is 0 Å². The summed E-state index contributed by atoms with van der Waals surface area (Å²) in [7, 11) is 0. The van der Waals surface area contributed by atoms with E-state index >= 15 is 0 Å². The van der Waals surface area contributed by atoms with Crippen molar-refractivity contribution in [3.05, 3.63) is 0 Å². The molecule has 0 radical (unpaired) electrons. The van der Waals surface area contributed by atoms with E-state index < -0.39 is 0 Å². The molecule has 0 heterocycles. The van der Waals surface area contributed by atoms with Crippen LogP contribution in [0.5, 0.6) is 0 Å². The minimum absolute atomic E-state index is 0. The third-order valence-corrected chi connectivity index (χ3v) is 0. The van der Waals surface area contributed by atoms with Crippen LogP contribution in [-0.4, -0.2) is 0 Å². The maximum atomic E-state index is 0. The molecule has 204 valence electrons. The van der Waals surface area contributed by atoms with Gasteiger partial charge in [0.05, 0.1) is 0 Å². The molecule has 0 bridgehead atoms. The van der Waals surface area contributed by atoms with Gasteiger partial charge in [-0.15, -0.1) is 0 Å². The molecule has 0 unspecified atom stereocenters. The fourth-order valence-electron chi connectivity index (χ4n) is 0. The molecule has 0 atom stereocenters. The molecular weight excluding hydrogens is 6250 g/mol. The number of rotatable bonds is 0. The summed E-state index contributed by atoms with van der Waals surface area (Å²) >= 11 is 0. The Balaban J connectivity index is 0. The van der Waals surface area contributed by atoms with E-state index in [9.17, 15) is 0 Å². The van der Waals surface area contributed by atoms with Gasteiger partial charge in [0.25, 0.3) is 0 Å². The van der Waals surface area contributed by atoms with Crippen LogP contribution in [0.2, 0.25) is 0 Å². The van der Waals surface area contributed by atoms with E-state index in [0.29, 0.717) is 0 Å². The molecule has 0 spiro atoms. The number of hydrogen-bond donors (Lipinski definition) is 0. The molecule has 0 aromatic rings. The summed E-state index contributed by atoms with van der Waals surface area (Å²) in [6.07, 6.45) is 0. The Hall–Kier alpha value is 23.4. The summed E-state index contributed by atoms with van der Waals surface area (Å²) in [6, 6.07) is 0. The van der Waals surface area contributed by atoms with Crippen LogP contribution in [0.25, 0.3) is 0 Å². The zero-order valence-corrected chi connectivity index (χ0v) is 114. The van der Waals surface area contributed by atoms with Crippen LogP contribution in [0.1, 0.15) is 0 Å².